The highest BCUT2D eigenvalue weighted by molar-refractivity contribution is 7.81. The molecule has 0 bridgehead atoms. The minimum Gasteiger partial charge on any atom is -0.492 e. The van der Waals surface area contributed by atoms with Gasteiger partial charge in [-0.05, 0) is 87.6 Å². The van der Waals surface area contributed by atoms with Gasteiger partial charge in [-0.15, -0.1) is 12.6 Å². The van der Waals surface area contributed by atoms with Crippen molar-refractivity contribution >= 4 is 59.0 Å². The molecule has 3 aromatic rings. The molecule has 1 saturated carbocycles. The van der Waals surface area contributed by atoms with Crippen molar-refractivity contribution in [2.45, 2.75) is 81.7 Å². The van der Waals surface area contributed by atoms with Crippen LogP contribution in [0.15, 0.2) is 54.7 Å². The van der Waals surface area contributed by atoms with Gasteiger partial charge >= 0.3 is 6.18 Å². The van der Waals surface area contributed by atoms with Crippen molar-refractivity contribution in [3.05, 3.63) is 71.5 Å². The van der Waals surface area contributed by atoms with Gasteiger partial charge in [0, 0.05) is 55.2 Å². The average Bonchev–Trinajstić information content (AvgIpc) is 3.93. The maximum absolute atomic E-state index is 13.8. The summed E-state index contributed by atoms with van der Waals surface area (Å²) in [7, 11) is 0. The van der Waals surface area contributed by atoms with Crippen LogP contribution in [0.4, 0.5) is 35.9 Å². The molecule has 4 fully saturated rings. The second-order valence-electron chi connectivity index (χ2n) is 15.8. The number of pyridine rings is 1. The molecule has 4 aliphatic rings. The number of amides is 4. The van der Waals surface area contributed by atoms with Crippen molar-refractivity contribution in [3.63, 3.8) is 0 Å². The molecule has 2 atom stereocenters. The van der Waals surface area contributed by atoms with Crippen LogP contribution in [-0.4, -0.2) is 100 Å². The highest BCUT2D eigenvalue weighted by Crippen LogP contribution is 2.45. The Labute approximate surface area is 345 Å². The highest BCUT2D eigenvalue weighted by Gasteiger charge is 2.53. The molecule has 4 heterocycles. The number of rotatable bonds is 12. The van der Waals surface area contributed by atoms with Crippen LogP contribution in [0.1, 0.15) is 63.3 Å². The van der Waals surface area contributed by atoms with Crippen molar-refractivity contribution in [1.82, 2.24) is 20.1 Å². The lowest BCUT2D eigenvalue weighted by atomic mass is 10.0. The Morgan fingerprint density at radius 1 is 1.08 bits per heavy atom. The molecule has 7 rings (SSSR count). The summed E-state index contributed by atoms with van der Waals surface area (Å²) in [6.07, 6.45) is -0.484. The number of hydrogen-bond acceptors (Lipinski definition) is 12. The number of alkyl halides is 3. The van der Waals surface area contributed by atoms with E-state index < -0.39 is 40.4 Å². The van der Waals surface area contributed by atoms with Crippen LogP contribution >= 0.6 is 12.6 Å². The van der Waals surface area contributed by atoms with Crippen LogP contribution < -0.4 is 30.5 Å². The molecule has 312 valence electrons. The van der Waals surface area contributed by atoms with Gasteiger partial charge in [0.25, 0.3) is 5.91 Å². The number of ether oxygens (including phenoxy) is 1. The van der Waals surface area contributed by atoms with Crippen molar-refractivity contribution in [3.8, 4) is 11.8 Å². The van der Waals surface area contributed by atoms with E-state index in [4.69, 9.17) is 17.4 Å². The molecule has 0 radical (unpaired) electrons. The normalized spacial score (nSPS) is 21.6. The third-order valence-electron chi connectivity index (χ3n) is 11.5. The largest absolute Gasteiger partial charge is 0.492 e. The van der Waals surface area contributed by atoms with Gasteiger partial charge in [-0.3, -0.25) is 39.2 Å². The first kappa shape index (κ1) is 41.8. The summed E-state index contributed by atoms with van der Waals surface area (Å²) in [5.41, 5.74) is -1.53. The third kappa shape index (κ3) is 8.68. The molecule has 1 spiro atoms. The molecule has 2 aromatic carbocycles. The van der Waals surface area contributed by atoms with Gasteiger partial charge in [0.15, 0.2) is 11.2 Å². The minimum absolute atomic E-state index is 0.0691. The van der Waals surface area contributed by atoms with E-state index in [0.717, 1.165) is 55.2 Å². The Bertz CT molecular complexity index is 2190. The summed E-state index contributed by atoms with van der Waals surface area (Å²) in [6.45, 7) is 9.01. The maximum Gasteiger partial charge on any atom is 0.419 e. The molecule has 59 heavy (non-hydrogen) atoms. The van der Waals surface area contributed by atoms with Crippen LogP contribution in [-0.2, 0) is 31.8 Å². The van der Waals surface area contributed by atoms with Crippen LogP contribution in [0, 0.1) is 11.3 Å². The molecule has 14 nitrogen and oxygen atoms in total. The van der Waals surface area contributed by atoms with Gasteiger partial charge in [0.05, 0.1) is 24.0 Å². The van der Waals surface area contributed by atoms with E-state index >= 15 is 0 Å². The molecule has 2 unspecified atom stereocenters. The number of aromatic nitrogens is 1. The van der Waals surface area contributed by atoms with E-state index in [1.54, 1.807) is 36.9 Å². The van der Waals surface area contributed by atoms with Crippen molar-refractivity contribution in [2.75, 3.05) is 59.8 Å². The molecular formula is C41H46F3N9O5S. The van der Waals surface area contributed by atoms with Crippen LogP contribution in [0.5, 0.6) is 5.75 Å². The topological polar surface area (TPSA) is 163 Å². The summed E-state index contributed by atoms with van der Waals surface area (Å²) >= 11 is 4.71. The number of piperidine rings is 1. The van der Waals surface area contributed by atoms with E-state index in [2.05, 4.69) is 30.7 Å². The zero-order chi connectivity index (χ0) is 42.3. The Balaban J connectivity index is 0.930. The lowest BCUT2D eigenvalue weighted by molar-refractivity contribution is -0.138. The maximum atomic E-state index is 13.8. The monoisotopic (exact) mass is 833 g/mol. The van der Waals surface area contributed by atoms with E-state index in [1.165, 1.54) is 6.07 Å². The standard InChI is InChI=1S/C41H46F3N9O5S/c1-4-25-18-28(53-38(59)52(37(57)39(53,2)3)29-20-30(41(42,43)44)32(21-45)46-22-29)8-10-33(25)58-17-16-50-14-15-51(40(24-50)12-13-40)23-35(55)48-27-7-5-6-26(19-27)47-31-9-11-34(54)49-36(31)56/h5-8,10,18-20,22,31,38,47,59H,4,9,11-17,23-24H2,1-3H3,(H,48,55)(H,49,54,56). The predicted molar refractivity (Wildman–Crippen MR) is 217 cm³/mol. The summed E-state index contributed by atoms with van der Waals surface area (Å²) < 4.78 is 47.6. The van der Waals surface area contributed by atoms with Gasteiger partial charge in [0.2, 0.25) is 17.7 Å². The van der Waals surface area contributed by atoms with Gasteiger partial charge in [-0.2, -0.15) is 18.4 Å². The Hall–Kier alpha value is -5.38. The van der Waals surface area contributed by atoms with E-state index in [1.807, 2.05) is 31.2 Å². The molecule has 3 saturated heterocycles. The number of nitrogens with zero attached hydrogens (tertiary/aromatic N) is 6. The number of aryl methyl sites for hydroxylation is 1. The zero-order valence-electron chi connectivity index (χ0n) is 32.9. The smallest absolute Gasteiger partial charge is 0.419 e. The fourth-order valence-electron chi connectivity index (χ4n) is 8.17. The number of halogens is 3. The highest BCUT2D eigenvalue weighted by atomic mass is 32.1. The van der Waals surface area contributed by atoms with Gasteiger partial charge in [-0.25, -0.2) is 4.98 Å². The van der Waals surface area contributed by atoms with E-state index in [0.29, 0.717) is 48.8 Å². The quantitative estimate of drug-likeness (QED) is 0.147. The second-order valence-corrected chi connectivity index (χ2v) is 16.3. The SMILES string of the molecule is CCc1cc(N2C(S)N(c3cnc(C#N)c(C(F)(F)F)c3)C(=O)C2(C)C)ccc1OCCN1CCN(CC(=O)Nc2cccc(NC3CCC(=O)NC3=O)c2)C2(CC2)C1. The van der Waals surface area contributed by atoms with Crippen LogP contribution in [0.3, 0.4) is 0 Å². The lowest BCUT2D eigenvalue weighted by Crippen LogP contribution is -2.57. The Morgan fingerprint density at radius 2 is 1.85 bits per heavy atom. The predicted octanol–water partition coefficient (Wildman–Crippen LogP) is 4.76. The van der Waals surface area contributed by atoms with Gasteiger partial charge in [-0.1, -0.05) is 13.0 Å². The molecule has 1 aromatic heterocycles. The number of carbonyl (C=O) groups is 4. The van der Waals surface area contributed by atoms with E-state index in [9.17, 15) is 37.6 Å². The Kier molecular flexibility index (Phi) is 11.6. The fourth-order valence-corrected chi connectivity index (χ4v) is 8.83. The number of hydrogen-bond donors (Lipinski definition) is 4. The van der Waals surface area contributed by atoms with Gasteiger partial charge in [0.1, 0.15) is 30.0 Å². The Morgan fingerprint density at radius 3 is 2.54 bits per heavy atom. The minimum atomic E-state index is -4.84. The first-order chi connectivity index (χ1) is 28.0. The number of imide groups is 1. The van der Waals surface area contributed by atoms with Crippen LogP contribution in [0.25, 0.3) is 0 Å². The average molecular weight is 834 g/mol. The number of nitrogens with one attached hydrogen (secondary N) is 3. The molecule has 1 aliphatic carbocycles. The number of thiol groups is 1. The first-order valence-electron chi connectivity index (χ1n) is 19.5. The summed E-state index contributed by atoms with van der Waals surface area (Å²) in [5.74, 6) is -0.556. The fraction of sp³-hybridized carbons (Fsp3) is 0.463. The number of carbonyl (C=O) groups excluding carboxylic acids is 4. The van der Waals surface area contributed by atoms with E-state index in [-0.39, 0.29) is 41.9 Å². The number of anilines is 4. The lowest BCUT2D eigenvalue weighted by Gasteiger charge is -2.41. The first-order valence-corrected chi connectivity index (χ1v) is 20.1. The van der Waals surface area contributed by atoms with Crippen LogP contribution in [0.2, 0.25) is 0 Å². The molecule has 3 aliphatic heterocycles. The molecule has 3 N–H and O–H groups in total. The molecular weight excluding hydrogens is 788 g/mol. The zero-order valence-corrected chi connectivity index (χ0v) is 33.8. The second kappa shape index (κ2) is 16.3. The number of piperazine rings is 1. The molecule has 4 amide bonds. The van der Waals surface area contributed by atoms with Crippen molar-refractivity contribution < 1.29 is 37.1 Å². The third-order valence-corrected chi connectivity index (χ3v) is 12.0. The number of benzene rings is 2. The van der Waals surface area contributed by atoms with Crippen molar-refractivity contribution in [1.29, 1.82) is 5.26 Å². The van der Waals surface area contributed by atoms with Gasteiger partial charge < -0.3 is 20.3 Å². The summed E-state index contributed by atoms with van der Waals surface area (Å²) in [4.78, 5) is 61.8. The van der Waals surface area contributed by atoms with Crippen molar-refractivity contribution in [2.24, 2.45) is 0 Å². The summed E-state index contributed by atoms with van der Waals surface area (Å²) in [6, 6.07) is 14.4. The number of nitriles is 1. The molecule has 18 heteroatoms. The summed E-state index contributed by atoms with van der Waals surface area (Å²) in [5, 5.41) is 17.7.